The van der Waals surface area contributed by atoms with E-state index in [2.05, 4.69) is 52.6 Å². The highest BCUT2D eigenvalue weighted by molar-refractivity contribution is 6.06. The number of benzene rings is 1. The third-order valence-corrected chi connectivity index (χ3v) is 14.8. The summed E-state index contributed by atoms with van der Waals surface area (Å²) in [7, 11) is 0. The molecule has 1 aromatic heterocycles. The second kappa shape index (κ2) is 8.07. The fourth-order valence-electron chi connectivity index (χ4n) is 12.6. The number of rotatable bonds is 1. The first kappa shape index (κ1) is 29.3. The fourth-order valence-corrected chi connectivity index (χ4v) is 12.6. The van der Waals surface area contributed by atoms with E-state index < -0.39 is 57.8 Å². The summed E-state index contributed by atoms with van der Waals surface area (Å²) in [6, 6.07) is 4.11. The molecule has 4 heterocycles. The van der Waals surface area contributed by atoms with Crippen LogP contribution in [0.15, 0.2) is 12.1 Å². The second-order valence-corrected chi connectivity index (χ2v) is 17.8. The first-order valence-electron chi connectivity index (χ1n) is 17.2. The Morgan fingerprint density at radius 3 is 2.42 bits per heavy atom. The van der Waals surface area contributed by atoms with Gasteiger partial charge in [0, 0.05) is 38.9 Å². The normalized spacial score (nSPS) is 48.5. The number of aromatic nitrogens is 1. The van der Waals surface area contributed by atoms with Crippen LogP contribution in [0.1, 0.15) is 108 Å². The van der Waals surface area contributed by atoms with Crippen molar-refractivity contribution in [1.29, 1.82) is 0 Å². The van der Waals surface area contributed by atoms with Gasteiger partial charge in [0.1, 0.15) is 23.9 Å². The van der Waals surface area contributed by atoms with Gasteiger partial charge in [-0.05, 0) is 109 Å². The summed E-state index contributed by atoms with van der Waals surface area (Å²) in [4.78, 5) is 18.0. The highest BCUT2D eigenvalue weighted by Crippen LogP contribution is 2.75. The second-order valence-electron chi connectivity index (χ2n) is 17.8. The van der Waals surface area contributed by atoms with Crippen LogP contribution in [0.25, 0.3) is 10.9 Å². The monoisotopic (exact) mass is 619 g/mol. The zero-order valence-corrected chi connectivity index (χ0v) is 27.9. The van der Waals surface area contributed by atoms with Gasteiger partial charge >= 0.3 is 0 Å². The predicted octanol–water partition coefficient (Wildman–Crippen LogP) is 4.52. The molecule has 2 aromatic rings. The van der Waals surface area contributed by atoms with Gasteiger partial charge < -0.3 is 34.5 Å². The first-order chi connectivity index (χ1) is 20.8. The topological polar surface area (TPSA) is 125 Å². The molecule has 244 valence electrons. The van der Waals surface area contributed by atoms with E-state index in [1.54, 1.807) is 13.8 Å². The number of hydrogen-bond donors (Lipinski definition) is 4. The van der Waals surface area contributed by atoms with E-state index in [4.69, 9.17) is 14.2 Å². The molecule has 3 saturated heterocycles. The molecular weight excluding hydrogens is 570 g/mol. The Morgan fingerprint density at radius 1 is 0.978 bits per heavy atom. The number of carbonyl (C=O) groups excluding carboxylic acids is 1. The minimum Gasteiger partial charge on any atom is -0.388 e. The van der Waals surface area contributed by atoms with E-state index >= 15 is 0 Å². The van der Waals surface area contributed by atoms with Crippen molar-refractivity contribution >= 4 is 16.7 Å². The van der Waals surface area contributed by atoms with Crippen LogP contribution >= 0.6 is 0 Å². The SMILES string of the molecule is CC(C)(O)[C@H]1O[C@H]2CC[C@@]3(C)[C@@](O)(CC[C@H]4Cc5c([nH]c6ccc7c(c56)C[C@@H]5[C@@H](C7=O)C(C)(C)OC5(C)C)[C@@]43C)[C@]23O[C@@H]3[C@@H]1O. The Balaban J connectivity index is 1.17. The number of carbonyl (C=O) groups is 1. The van der Waals surface area contributed by atoms with Crippen molar-refractivity contribution in [2.75, 3.05) is 0 Å². The third kappa shape index (κ3) is 3.06. The van der Waals surface area contributed by atoms with Crippen molar-refractivity contribution in [3.63, 3.8) is 0 Å². The van der Waals surface area contributed by atoms with Crippen LogP contribution < -0.4 is 0 Å². The molecule has 8 nitrogen and oxygen atoms in total. The summed E-state index contributed by atoms with van der Waals surface area (Å²) in [5, 5.41) is 36.4. The molecule has 0 amide bonds. The number of H-pyrrole nitrogens is 1. The van der Waals surface area contributed by atoms with Gasteiger partial charge in [-0.15, -0.1) is 0 Å². The number of ketones is 1. The third-order valence-electron chi connectivity index (χ3n) is 14.8. The lowest BCUT2D eigenvalue weighted by Crippen LogP contribution is -2.76. The summed E-state index contributed by atoms with van der Waals surface area (Å²) < 4.78 is 19.4. The number of fused-ring (bicyclic) bond motifs is 10. The first-order valence-corrected chi connectivity index (χ1v) is 17.2. The molecule has 0 bridgehead atoms. The van der Waals surface area contributed by atoms with Gasteiger partial charge in [-0.2, -0.15) is 0 Å². The molecule has 11 atom stereocenters. The standard InChI is InChI=1S/C37H49NO7/c1-31(2,41)29-27(40)30-37(44-30)23(43-29)12-13-34(7)35(8)17(11-14-36(34,37)42)15-20-24-19-16-21-25(33(5,6)45-32(21,3)4)26(39)18(19)9-10-22(24)38-28(20)35/h9-10,17,21,23,25,27,29-30,38,40-42H,11-16H2,1-8H3/t17-,21+,23-,25-,27+,29-,30+,34+,35+,36-,37-/m0/s1. The highest BCUT2D eigenvalue weighted by Gasteiger charge is 2.86. The average molecular weight is 620 g/mol. The highest BCUT2D eigenvalue weighted by atomic mass is 16.7. The fraction of sp³-hybridized carbons (Fsp3) is 0.757. The molecule has 0 unspecified atom stereocenters. The molecule has 4 aliphatic carbocycles. The number of aromatic amines is 1. The van der Waals surface area contributed by atoms with Gasteiger partial charge in [-0.25, -0.2) is 0 Å². The smallest absolute Gasteiger partial charge is 0.169 e. The molecule has 45 heavy (non-hydrogen) atoms. The van der Waals surface area contributed by atoms with Gasteiger partial charge in [0.2, 0.25) is 0 Å². The van der Waals surface area contributed by atoms with Crippen LogP contribution in [0.3, 0.4) is 0 Å². The van der Waals surface area contributed by atoms with E-state index in [9.17, 15) is 20.1 Å². The van der Waals surface area contributed by atoms with Crippen LogP contribution in [-0.4, -0.2) is 78.5 Å². The largest absolute Gasteiger partial charge is 0.388 e. The summed E-state index contributed by atoms with van der Waals surface area (Å²) in [6.45, 7) is 16.3. The Bertz CT molecular complexity index is 1690. The Hall–Kier alpha value is -1.81. The van der Waals surface area contributed by atoms with E-state index in [1.165, 1.54) is 16.6 Å². The van der Waals surface area contributed by atoms with Crippen molar-refractivity contribution in [3.8, 4) is 0 Å². The molecule has 1 aromatic carbocycles. The lowest BCUT2D eigenvalue weighted by Gasteiger charge is -2.66. The minimum absolute atomic E-state index is 0.106. The van der Waals surface area contributed by atoms with Crippen molar-refractivity contribution in [2.45, 2.75) is 152 Å². The number of aliphatic hydroxyl groups is 3. The van der Waals surface area contributed by atoms with Crippen molar-refractivity contribution < 1.29 is 34.3 Å². The Morgan fingerprint density at radius 2 is 1.71 bits per heavy atom. The Labute approximate surface area is 265 Å². The van der Waals surface area contributed by atoms with Crippen LogP contribution in [0, 0.1) is 23.2 Å². The molecule has 5 fully saturated rings. The molecule has 8 heteroatoms. The molecular formula is C37H49NO7. The summed E-state index contributed by atoms with van der Waals surface area (Å²) in [6.07, 6.45) is 1.78. The lowest BCUT2D eigenvalue weighted by atomic mass is 9.40. The van der Waals surface area contributed by atoms with Crippen LogP contribution in [0.5, 0.6) is 0 Å². The van der Waals surface area contributed by atoms with Gasteiger partial charge in [0.25, 0.3) is 0 Å². The van der Waals surface area contributed by atoms with Gasteiger partial charge in [0.05, 0.1) is 28.8 Å². The maximum absolute atomic E-state index is 14.2. The van der Waals surface area contributed by atoms with E-state index in [1.807, 2.05) is 6.07 Å². The van der Waals surface area contributed by atoms with E-state index in [0.717, 1.165) is 42.3 Å². The van der Waals surface area contributed by atoms with Crippen LogP contribution in [0.2, 0.25) is 0 Å². The summed E-state index contributed by atoms with van der Waals surface area (Å²) in [5.41, 5.74) is 0.255. The van der Waals surface area contributed by atoms with Gasteiger partial charge in [0.15, 0.2) is 11.4 Å². The van der Waals surface area contributed by atoms with E-state index in [0.29, 0.717) is 18.8 Å². The Kier molecular flexibility index (Phi) is 5.26. The molecule has 7 aliphatic rings. The lowest BCUT2D eigenvalue weighted by molar-refractivity contribution is -0.280. The van der Waals surface area contributed by atoms with Crippen LogP contribution in [0.4, 0.5) is 0 Å². The van der Waals surface area contributed by atoms with Crippen molar-refractivity contribution in [3.05, 3.63) is 34.5 Å². The molecule has 4 N–H and O–H groups in total. The van der Waals surface area contributed by atoms with E-state index in [-0.39, 0.29) is 23.0 Å². The maximum Gasteiger partial charge on any atom is 0.169 e. The number of aliphatic hydroxyl groups excluding tert-OH is 1. The zero-order chi connectivity index (χ0) is 32.1. The molecule has 9 rings (SSSR count). The van der Waals surface area contributed by atoms with Crippen LogP contribution in [-0.2, 0) is 32.5 Å². The number of ether oxygens (including phenoxy) is 3. The number of nitrogens with one attached hydrogen (secondary N) is 1. The summed E-state index contributed by atoms with van der Waals surface area (Å²) >= 11 is 0. The zero-order valence-electron chi connectivity index (χ0n) is 27.9. The van der Waals surface area contributed by atoms with Crippen molar-refractivity contribution in [1.82, 2.24) is 4.98 Å². The van der Waals surface area contributed by atoms with Gasteiger partial charge in [-0.1, -0.05) is 13.8 Å². The van der Waals surface area contributed by atoms with Crippen molar-refractivity contribution in [2.24, 2.45) is 23.2 Å². The van der Waals surface area contributed by atoms with Gasteiger partial charge in [-0.3, -0.25) is 4.79 Å². The number of Topliss-reactive ketones (excluding diaryl/α,β-unsaturated/α-hetero) is 1. The average Bonchev–Trinajstić information content (AvgIpc) is 3.44. The predicted molar refractivity (Wildman–Crippen MR) is 167 cm³/mol. The maximum atomic E-state index is 14.2. The minimum atomic E-state index is -1.23. The summed E-state index contributed by atoms with van der Waals surface area (Å²) in [5.74, 6) is 0.467. The molecule has 0 radical (unpaired) electrons. The number of epoxide rings is 1. The molecule has 3 aliphatic heterocycles. The molecule has 1 spiro atoms. The number of hydrogen-bond acceptors (Lipinski definition) is 7. The molecule has 2 saturated carbocycles. The quantitative estimate of drug-likeness (QED) is 0.346.